The summed E-state index contributed by atoms with van der Waals surface area (Å²) in [6, 6.07) is 8.66. The molecule has 2 rings (SSSR count). The van der Waals surface area contributed by atoms with Gasteiger partial charge >= 0.3 is 0 Å². The molecule has 2 aromatic carbocycles. The minimum Gasteiger partial charge on any atom is -0.495 e. The van der Waals surface area contributed by atoms with E-state index in [1.807, 2.05) is 13.0 Å². The van der Waals surface area contributed by atoms with Gasteiger partial charge in [0.1, 0.15) is 5.75 Å². The van der Waals surface area contributed by atoms with E-state index in [1.165, 1.54) is 7.11 Å². The van der Waals surface area contributed by atoms with Crippen LogP contribution >= 0.6 is 11.6 Å². The first kappa shape index (κ1) is 15.4. The topological polar surface area (TPSA) is 30.5 Å². The van der Waals surface area contributed by atoms with E-state index < -0.39 is 0 Å². The zero-order valence-electron chi connectivity index (χ0n) is 12.2. The highest BCUT2D eigenvalue weighted by molar-refractivity contribution is 6.31. The Morgan fingerprint density at radius 2 is 1.86 bits per heavy atom. The lowest BCUT2D eigenvalue weighted by atomic mass is 10.1. The Hall–Kier alpha value is -1.94. The Morgan fingerprint density at radius 3 is 2.52 bits per heavy atom. The SMILES string of the molecule is COc1cc(Cl)c(C)cc1NCc1cccc(OC)c1F. The number of rotatable bonds is 5. The third kappa shape index (κ3) is 3.39. The van der Waals surface area contributed by atoms with E-state index in [9.17, 15) is 4.39 Å². The van der Waals surface area contributed by atoms with Crippen LogP contribution in [0.25, 0.3) is 0 Å². The van der Waals surface area contributed by atoms with Gasteiger partial charge in [-0.15, -0.1) is 0 Å². The summed E-state index contributed by atoms with van der Waals surface area (Å²) in [6.45, 7) is 2.22. The van der Waals surface area contributed by atoms with Gasteiger partial charge in [0.05, 0.1) is 19.9 Å². The molecule has 0 aliphatic rings. The van der Waals surface area contributed by atoms with Crippen molar-refractivity contribution in [2.75, 3.05) is 19.5 Å². The second-order valence-corrected chi connectivity index (χ2v) is 5.00. The van der Waals surface area contributed by atoms with Crippen molar-refractivity contribution in [1.82, 2.24) is 0 Å². The number of nitrogens with one attached hydrogen (secondary N) is 1. The van der Waals surface area contributed by atoms with Crippen LogP contribution in [0.4, 0.5) is 10.1 Å². The van der Waals surface area contributed by atoms with Gasteiger partial charge < -0.3 is 14.8 Å². The Balaban J connectivity index is 2.22. The second-order valence-electron chi connectivity index (χ2n) is 4.59. The number of anilines is 1. The number of benzene rings is 2. The van der Waals surface area contributed by atoms with Gasteiger partial charge in [0.25, 0.3) is 0 Å². The van der Waals surface area contributed by atoms with Gasteiger partial charge in [0, 0.05) is 23.2 Å². The van der Waals surface area contributed by atoms with Gasteiger partial charge in [0.2, 0.25) is 0 Å². The van der Waals surface area contributed by atoms with Crippen molar-refractivity contribution in [3.05, 3.63) is 52.3 Å². The quantitative estimate of drug-likeness (QED) is 0.887. The molecule has 0 atom stereocenters. The zero-order chi connectivity index (χ0) is 15.4. The highest BCUT2D eigenvalue weighted by atomic mass is 35.5. The maximum absolute atomic E-state index is 14.1. The Labute approximate surface area is 128 Å². The lowest BCUT2D eigenvalue weighted by Gasteiger charge is -2.14. The molecule has 112 valence electrons. The molecule has 0 radical (unpaired) electrons. The van der Waals surface area contributed by atoms with Crippen molar-refractivity contribution in [1.29, 1.82) is 0 Å². The van der Waals surface area contributed by atoms with Crippen LogP contribution in [0.5, 0.6) is 11.5 Å². The zero-order valence-corrected chi connectivity index (χ0v) is 12.9. The molecule has 0 fully saturated rings. The molecule has 0 heterocycles. The van der Waals surface area contributed by atoms with Gasteiger partial charge in [-0.05, 0) is 24.6 Å². The van der Waals surface area contributed by atoms with Crippen LogP contribution in [0.15, 0.2) is 30.3 Å². The molecule has 0 unspecified atom stereocenters. The van der Waals surface area contributed by atoms with Crippen LogP contribution in [-0.4, -0.2) is 14.2 Å². The summed E-state index contributed by atoms with van der Waals surface area (Å²) >= 11 is 6.06. The fourth-order valence-corrected chi connectivity index (χ4v) is 2.16. The van der Waals surface area contributed by atoms with Gasteiger partial charge in [-0.1, -0.05) is 23.7 Å². The third-order valence-corrected chi connectivity index (χ3v) is 3.62. The molecule has 5 heteroatoms. The van der Waals surface area contributed by atoms with Crippen molar-refractivity contribution in [2.24, 2.45) is 0 Å². The Kier molecular flexibility index (Phi) is 4.91. The minimum absolute atomic E-state index is 0.230. The van der Waals surface area contributed by atoms with Crippen molar-refractivity contribution in [2.45, 2.75) is 13.5 Å². The highest BCUT2D eigenvalue weighted by Gasteiger charge is 2.10. The fourth-order valence-electron chi connectivity index (χ4n) is 2.01. The van der Waals surface area contributed by atoms with Crippen molar-refractivity contribution >= 4 is 17.3 Å². The van der Waals surface area contributed by atoms with Crippen LogP contribution in [0.1, 0.15) is 11.1 Å². The smallest absolute Gasteiger partial charge is 0.170 e. The van der Waals surface area contributed by atoms with Crippen LogP contribution in [-0.2, 0) is 6.54 Å². The van der Waals surface area contributed by atoms with Crippen LogP contribution in [0, 0.1) is 12.7 Å². The molecule has 21 heavy (non-hydrogen) atoms. The van der Waals surface area contributed by atoms with Gasteiger partial charge in [-0.25, -0.2) is 4.39 Å². The van der Waals surface area contributed by atoms with Gasteiger partial charge in [0.15, 0.2) is 11.6 Å². The molecule has 1 N–H and O–H groups in total. The molecular formula is C16H17ClFNO2. The second kappa shape index (κ2) is 6.68. The molecular weight excluding hydrogens is 293 g/mol. The molecule has 0 bridgehead atoms. The van der Waals surface area contributed by atoms with E-state index in [4.69, 9.17) is 21.1 Å². The highest BCUT2D eigenvalue weighted by Crippen LogP contribution is 2.31. The summed E-state index contributed by atoms with van der Waals surface area (Å²) < 4.78 is 24.3. The number of hydrogen-bond acceptors (Lipinski definition) is 3. The van der Waals surface area contributed by atoms with Crippen LogP contribution in [0.3, 0.4) is 0 Å². The number of halogens is 2. The molecule has 0 aromatic heterocycles. The fraction of sp³-hybridized carbons (Fsp3) is 0.250. The van der Waals surface area contributed by atoms with E-state index in [2.05, 4.69) is 5.32 Å². The minimum atomic E-state index is -0.364. The number of ether oxygens (including phenoxy) is 2. The average Bonchev–Trinajstić information content (AvgIpc) is 2.49. The normalized spacial score (nSPS) is 10.3. The van der Waals surface area contributed by atoms with E-state index >= 15 is 0 Å². The predicted octanol–water partition coefficient (Wildman–Crippen LogP) is 4.42. The molecule has 0 saturated carbocycles. The van der Waals surface area contributed by atoms with E-state index in [-0.39, 0.29) is 11.6 Å². The largest absolute Gasteiger partial charge is 0.495 e. The first-order valence-electron chi connectivity index (χ1n) is 6.46. The molecule has 3 nitrogen and oxygen atoms in total. The molecule has 0 amide bonds. The monoisotopic (exact) mass is 309 g/mol. The van der Waals surface area contributed by atoms with Gasteiger partial charge in [-0.3, -0.25) is 0 Å². The lowest BCUT2D eigenvalue weighted by Crippen LogP contribution is -2.04. The molecule has 0 spiro atoms. The molecule has 0 aliphatic heterocycles. The third-order valence-electron chi connectivity index (χ3n) is 3.21. The average molecular weight is 310 g/mol. The Morgan fingerprint density at radius 1 is 1.14 bits per heavy atom. The molecule has 2 aromatic rings. The van der Waals surface area contributed by atoms with Gasteiger partial charge in [-0.2, -0.15) is 0 Å². The number of aryl methyl sites for hydroxylation is 1. The first-order chi connectivity index (χ1) is 10.1. The summed E-state index contributed by atoms with van der Waals surface area (Å²) in [6.07, 6.45) is 0. The summed E-state index contributed by atoms with van der Waals surface area (Å²) in [5.74, 6) is 0.486. The number of hydrogen-bond donors (Lipinski definition) is 1. The van der Waals surface area contributed by atoms with E-state index in [0.29, 0.717) is 22.9 Å². The van der Waals surface area contributed by atoms with Crippen LogP contribution in [0.2, 0.25) is 5.02 Å². The van der Waals surface area contributed by atoms with Crippen molar-refractivity contribution < 1.29 is 13.9 Å². The summed E-state index contributed by atoms with van der Waals surface area (Å²) in [5.41, 5.74) is 2.21. The van der Waals surface area contributed by atoms with Crippen molar-refractivity contribution in [3.8, 4) is 11.5 Å². The predicted molar refractivity (Wildman–Crippen MR) is 83.0 cm³/mol. The standard InChI is InChI=1S/C16H17ClFNO2/c1-10-7-13(15(21-3)8-12(10)17)19-9-11-5-4-6-14(20-2)16(11)18/h4-8,19H,9H2,1-3H3. The summed E-state index contributed by atoms with van der Waals surface area (Å²) in [5, 5.41) is 3.79. The summed E-state index contributed by atoms with van der Waals surface area (Å²) in [7, 11) is 3.01. The van der Waals surface area contributed by atoms with E-state index in [1.54, 1.807) is 31.4 Å². The Bertz CT molecular complexity index is 646. The summed E-state index contributed by atoms with van der Waals surface area (Å²) in [4.78, 5) is 0. The number of methoxy groups -OCH3 is 2. The maximum atomic E-state index is 14.1. The molecule has 0 saturated heterocycles. The van der Waals surface area contributed by atoms with E-state index in [0.717, 1.165) is 11.3 Å². The maximum Gasteiger partial charge on any atom is 0.170 e. The first-order valence-corrected chi connectivity index (χ1v) is 6.84. The molecule has 0 aliphatic carbocycles. The lowest BCUT2D eigenvalue weighted by molar-refractivity contribution is 0.384. The van der Waals surface area contributed by atoms with Crippen molar-refractivity contribution in [3.63, 3.8) is 0 Å². The van der Waals surface area contributed by atoms with Crippen LogP contribution < -0.4 is 14.8 Å².